The van der Waals surface area contributed by atoms with Crippen molar-refractivity contribution in [2.24, 2.45) is 7.05 Å². The van der Waals surface area contributed by atoms with E-state index in [-0.39, 0.29) is 0 Å². The number of rotatable bonds is 0. The molecule has 1 heterocycles. The van der Waals surface area contributed by atoms with Gasteiger partial charge in [0.1, 0.15) is 0 Å². The molecule has 0 unspecified atom stereocenters. The highest BCUT2D eigenvalue weighted by molar-refractivity contribution is 9.10. The van der Waals surface area contributed by atoms with Gasteiger partial charge in [0.25, 0.3) is 0 Å². The molecular weight excluding hydrogens is 237 g/mol. The van der Waals surface area contributed by atoms with Gasteiger partial charge in [-0.15, -0.1) is 0 Å². The van der Waals surface area contributed by atoms with E-state index in [9.17, 15) is 0 Å². The Hall–Kier alpha value is -0.470. The normalized spacial score (nSPS) is 10.9. The van der Waals surface area contributed by atoms with Crippen LogP contribution in [0.4, 0.5) is 0 Å². The van der Waals surface area contributed by atoms with Crippen LogP contribution in [-0.4, -0.2) is 4.57 Å². The Bertz CT molecular complexity index is 433. The average molecular weight is 245 g/mol. The molecule has 0 aliphatic heterocycles. The molecule has 0 bridgehead atoms. The number of benzene rings is 1. The van der Waals surface area contributed by atoms with Crippen molar-refractivity contribution in [2.45, 2.75) is 0 Å². The second-order valence-electron chi connectivity index (χ2n) is 2.72. The number of fused-ring (bicyclic) bond motifs is 1. The number of halogens is 2. The number of hydrogen-bond acceptors (Lipinski definition) is 0. The van der Waals surface area contributed by atoms with Gasteiger partial charge >= 0.3 is 0 Å². The fourth-order valence-corrected chi connectivity index (χ4v) is 2.32. The van der Waals surface area contributed by atoms with Crippen LogP contribution >= 0.6 is 27.5 Å². The molecule has 0 amide bonds. The second kappa shape index (κ2) is 2.79. The molecule has 0 saturated carbocycles. The van der Waals surface area contributed by atoms with E-state index in [0.717, 1.165) is 20.4 Å². The van der Waals surface area contributed by atoms with E-state index in [1.165, 1.54) is 0 Å². The SMILES string of the molecule is Cn1cc(Cl)c2cccc(Br)c21. The lowest BCUT2D eigenvalue weighted by Crippen LogP contribution is -1.83. The van der Waals surface area contributed by atoms with Gasteiger partial charge in [0, 0.05) is 23.1 Å². The van der Waals surface area contributed by atoms with Gasteiger partial charge in [-0.1, -0.05) is 23.7 Å². The quantitative estimate of drug-likeness (QED) is 0.667. The summed E-state index contributed by atoms with van der Waals surface area (Å²) in [6, 6.07) is 6.01. The molecule has 0 fully saturated rings. The molecule has 1 aromatic carbocycles. The minimum atomic E-state index is 0.800. The predicted molar refractivity (Wildman–Crippen MR) is 55.6 cm³/mol. The highest BCUT2D eigenvalue weighted by Crippen LogP contribution is 2.30. The number of aryl methyl sites for hydroxylation is 1. The van der Waals surface area contributed by atoms with Gasteiger partial charge < -0.3 is 4.57 Å². The Morgan fingerprint density at radius 3 is 2.83 bits per heavy atom. The highest BCUT2D eigenvalue weighted by Gasteiger charge is 2.05. The van der Waals surface area contributed by atoms with Gasteiger partial charge in [0.05, 0.1) is 10.5 Å². The van der Waals surface area contributed by atoms with Crippen LogP contribution in [0.25, 0.3) is 10.9 Å². The van der Waals surface area contributed by atoms with Crippen LogP contribution in [0.2, 0.25) is 5.02 Å². The Balaban J connectivity index is 2.99. The zero-order valence-corrected chi connectivity index (χ0v) is 8.85. The van der Waals surface area contributed by atoms with E-state index < -0.39 is 0 Å². The smallest absolute Gasteiger partial charge is 0.0661 e. The van der Waals surface area contributed by atoms with Crippen molar-refractivity contribution in [3.8, 4) is 0 Å². The summed E-state index contributed by atoms with van der Waals surface area (Å²) in [5.41, 5.74) is 1.14. The summed E-state index contributed by atoms with van der Waals surface area (Å²) in [5.74, 6) is 0. The standard InChI is InChI=1S/C9H7BrClN/c1-12-5-8(11)6-3-2-4-7(10)9(6)12/h2-5H,1H3. The lowest BCUT2D eigenvalue weighted by molar-refractivity contribution is 0.967. The molecule has 1 aromatic heterocycles. The number of para-hydroxylation sites is 1. The van der Waals surface area contributed by atoms with E-state index in [2.05, 4.69) is 15.9 Å². The van der Waals surface area contributed by atoms with E-state index in [0.29, 0.717) is 0 Å². The molecule has 2 rings (SSSR count). The van der Waals surface area contributed by atoms with E-state index in [4.69, 9.17) is 11.6 Å². The van der Waals surface area contributed by atoms with Crippen molar-refractivity contribution in [1.29, 1.82) is 0 Å². The maximum absolute atomic E-state index is 6.01. The van der Waals surface area contributed by atoms with Crippen LogP contribution in [0.15, 0.2) is 28.9 Å². The summed E-state index contributed by atoms with van der Waals surface area (Å²) in [7, 11) is 1.99. The summed E-state index contributed by atoms with van der Waals surface area (Å²) in [5, 5.41) is 1.89. The molecule has 0 saturated heterocycles. The Kier molecular flexibility index (Phi) is 1.89. The van der Waals surface area contributed by atoms with Gasteiger partial charge in [0.2, 0.25) is 0 Å². The molecule has 2 aromatic rings. The van der Waals surface area contributed by atoms with E-state index in [1.54, 1.807) is 0 Å². The number of hydrogen-bond donors (Lipinski definition) is 0. The van der Waals surface area contributed by atoms with Crippen molar-refractivity contribution in [3.05, 3.63) is 33.9 Å². The van der Waals surface area contributed by atoms with Crippen LogP contribution < -0.4 is 0 Å². The van der Waals surface area contributed by atoms with E-state index in [1.807, 2.05) is 36.0 Å². The second-order valence-corrected chi connectivity index (χ2v) is 3.99. The first-order valence-electron chi connectivity index (χ1n) is 3.59. The summed E-state index contributed by atoms with van der Waals surface area (Å²) >= 11 is 9.49. The minimum absolute atomic E-state index is 0.800. The molecule has 1 nitrogen and oxygen atoms in total. The lowest BCUT2D eigenvalue weighted by Gasteiger charge is -1.97. The fraction of sp³-hybridized carbons (Fsp3) is 0.111. The third kappa shape index (κ3) is 1.06. The van der Waals surface area contributed by atoms with Crippen molar-refractivity contribution in [3.63, 3.8) is 0 Å². The predicted octanol–water partition coefficient (Wildman–Crippen LogP) is 3.59. The van der Waals surface area contributed by atoms with Crippen LogP contribution in [0, 0.1) is 0 Å². The lowest BCUT2D eigenvalue weighted by atomic mass is 10.2. The van der Waals surface area contributed by atoms with Crippen molar-refractivity contribution < 1.29 is 0 Å². The van der Waals surface area contributed by atoms with Crippen molar-refractivity contribution >= 4 is 38.4 Å². The zero-order chi connectivity index (χ0) is 8.72. The largest absolute Gasteiger partial charge is 0.348 e. The molecular formula is C9H7BrClN. The third-order valence-corrected chi connectivity index (χ3v) is 2.84. The molecule has 3 heteroatoms. The molecule has 0 radical (unpaired) electrons. The Morgan fingerprint density at radius 2 is 2.17 bits per heavy atom. The van der Waals surface area contributed by atoms with Gasteiger partial charge in [0.15, 0.2) is 0 Å². The maximum atomic E-state index is 6.01. The molecule has 0 N–H and O–H groups in total. The van der Waals surface area contributed by atoms with Gasteiger partial charge in [-0.3, -0.25) is 0 Å². The molecule has 62 valence electrons. The summed E-state index contributed by atoms with van der Waals surface area (Å²) < 4.78 is 3.09. The Labute approximate surface area is 84.1 Å². The maximum Gasteiger partial charge on any atom is 0.0661 e. The van der Waals surface area contributed by atoms with Crippen molar-refractivity contribution in [2.75, 3.05) is 0 Å². The van der Waals surface area contributed by atoms with E-state index >= 15 is 0 Å². The molecule has 0 spiro atoms. The first-order valence-corrected chi connectivity index (χ1v) is 4.76. The molecule has 0 aliphatic rings. The van der Waals surface area contributed by atoms with Crippen LogP contribution in [0.5, 0.6) is 0 Å². The van der Waals surface area contributed by atoms with Gasteiger partial charge in [-0.2, -0.15) is 0 Å². The van der Waals surface area contributed by atoms with Crippen molar-refractivity contribution in [1.82, 2.24) is 4.57 Å². The van der Waals surface area contributed by atoms with Gasteiger partial charge in [-0.25, -0.2) is 0 Å². The molecule has 12 heavy (non-hydrogen) atoms. The fourth-order valence-electron chi connectivity index (χ4n) is 1.37. The topological polar surface area (TPSA) is 4.93 Å². The van der Waals surface area contributed by atoms with Crippen LogP contribution in [0.3, 0.4) is 0 Å². The van der Waals surface area contributed by atoms with Gasteiger partial charge in [-0.05, 0) is 22.0 Å². The summed E-state index contributed by atoms with van der Waals surface area (Å²) in [6.45, 7) is 0. The monoisotopic (exact) mass is 243 g/mol. The molecule has 0 aliphatic carbocycles. The third-order valence-electron chi connectivity index (χ3n) is 1.90. The first-order chi connectivity index (χ1) is 5.70. The molecule has 0 atom stereocenters. The summed E-state index contributed by atoms with van der Waals surface area (Å²) in [4.78, 5) is 0. The average Bonchev–Trinajstić information content (AvgIpc) is 2.29. The Morgan fingerprint density at radius 1 is 1.42 bits per heavy atom. The van der Waals surface area contributed by atoms with Crippen LogP contribution in [0.1, 0.15) is 0 Å². The first kappa shape index (κ1) is 8.14. The number of nitrogens with zero attached hydrogens (tertiary/aromatic N) is 1. The van der Waals surface area contributed by atoms with Crippen LogP contribution in [-0.2, 0) is 7.05 Å². The minimum Gasteiger partial charge on any atom is -0.348 e. The number of aromatic nitrogens is 1. The summed E-state index contributed by atoms with van der Waals surface area (Å²) in [6.07, 6.45) is 1.91. The zero-order valence-electron chi connectivity index (χ0n) is 6.51. The highest BCUT2D eigenvalue weighted by atomic mass is 79.9.